The summed E-state index contributed by atoms with van der Waals surface area (Å²) in [5.74, 6) is 1.52. The maximum atomic E-state index is 9.08. The van der Waals surface area contributed by atoms with Crippen molar-refractivity contribution in [3.05, 3.63) is 11.8 Å². The second-order valence-electron chi connectivity index (χ2n) is 4.12. The molecule has 8 nitrogen and oxygen atoms in total. The summed E-state index contributed by atoms with van der Waals surface area (Å²) in [4.78, 5) is 10.7. The van der Waals surface area contributed by atoms with E-state index >= 15 is 0 Å². The van der Waals surface area contributed by atoms with E-state index in [0.717, 1.165) is 18.8 Å². The molecule has 0 aliphatic carbocycles. The van der Waals surface area contributed by atoms with E-state index < -0.39 is 0 Å². The maximum absolute atomic E-state index is 9.08. The number of aromatic nitrogens is 4. The van der Waals surface area contributed by atoms with Gasteiger partial charge in [-0.05, 0) is 6.92 Å². The Kier molecular flexibility index (Phi) is 2.73. The molecule has 1 fully saturated rings. The quantitative estimate of drug-likeness (QED) is 0.729. The molecule has 1 aliphatic heterocycles. The first-order valence-corrected chi connectivity index (χ1v) is 5.75. The van der Waals surface area contributed by atoms with Crippen LogP contribution in [0, 0.1) is 6.92 Å². The van der Waals surface area contributed by atoms with E-state index in [-0.39, 0.29) is 0 Å². The molecular formula is C10H14N6O2. The van der Waals surface area contributed by atoms with Crippen molar-refractivity contribution in [3.8, 4) is 0 Å². The SMILES string of the molecule is Cc1cc(NO)n2nc(N3CCOCC3)nc2n1. The number of nitrogens with zero attached hydrogens (tertiary/aromatic N) is 5. The first-order chi connectivity index (χ1) is 8.78. The van der Waals surface area contributed by atoms with Crippen LogP contribution in [0.2, 0.25) is 0 Å². The fourth-order valence-electron chi connectivity index (χ4n) is 1.95. The molecule has 18 heavy (non-hydrogen) atoms. The number of aryl methyl sites for hydroxylation is 1. The molecule has 1 aliphatic rings. The van der Waals surface area contributed by atoms with E-state index in [1.165, 1.54) is 4.52 Å². The molecule has 0 radical (unpaired) electrons. The zero-order valence-electron chi connectivity index (χ0n) is 10.00. The largest absolute Gasteiger partial charge is 0.378 e. The van der Waals surface area contributed by atoms with Crippen molar-refractivity contribution < 1.29 is 9.94 Å². The van der Waals surface area contributed by atoms with E-state index in [9.17, 15) is 0 Å². The standard InChI is InChI=1S/C10H14N6O2/c1-7-6-8(14-17)16-9(11-7)12-10(13-16)15-2-4-18-5-3-15/h6,14,17H,2-5H2,1H3. The van der Waals surface area contributed by atoms with Crippen LogP contribution < -0.4 is 10.4 Å². The minimum atomic E-state index is 0.449. The topological polar surface area (TPSA) is 87.8 Å². The van der Waals surface area contributed by atoms with Crippen molar-refractivity contribution in [2.75, 3.05) is 36.7 Å². The Morgan fingerprint density at radius 3 is 2.83 bits per heavy atom. The molecule has 8 heteroatoms. The zero-order valence-corrected chi connectivity index (χ0v) is 10.00. The van der Waals surface area contributed by atoms with E-state index in [2.05, 4.69) is 20.5 Å². The maximum Gasteiger partial charge on any atom is 0.256 e. The molecule has 96 valence electrons. The molecule has 2 aromatic rings. The lowest BCUT2D eigenvalue weighted by molar-refractivity contribution is 0.122. The molecule has 3 rings (SSSR count). The highest BCUT2D eigenvalue weighted by Gasteiger charge is 2.17. The Morgan fingerprint density at radius 2 is 2.11 bits per heavy atom. The van der Waals surface area contributed by atoms with Gasteiger partial charge in [-0.25, -0.2) is 4.98 Å². The van der Waals surface area contributed by atoms with Gasteiger partial charge in [0.25, 0.3) is 5.78 Å². The predicted octanol–water partition coefficient (Wildman–Crippen LogP) is 0.0704. The van der Waals surface area contributed by atoms with E-state index in [0.29, 0.717) is 30.8 Å². The average molecular weight is 250 g/mol. The molecular weight excluding hydrogens is 236 g/mol. The van der Waals surface area contributed by atoms with Gasteiger partial charge in [0.15, 0.2) is 5.82 Å². The monoisotopic (exact) mass is 250 g/mol. The smallest absolute Gasteiger partial charge is 0.256 e. The number of hydrogen-bond acceptors (Lipinski definition) is 7. The Bertz CT molecular complexity index is 563. The van der Waals surface area contributed by atoms with Crippen LogP contribution in [-0.4, -0.2) is 51.1 Å². The Hall–Kier alpha value is -1.93. The van der Waals surface area contributed by atoms with Gasteiger partial charge in [0.05, 0.1) is 13.2 Å². The fraction of sp³-hybridized carbons (Fsp3) is 0.500. The summed E-state index contributed by atoms with van der Waals surface area (Å²) in [7, 11) is 0. The molecule has 0 amide bonds. The van der Waals surface area contributed by atoms with Gasteiger partial charge in [0.2, 0.25) is 5.95 Å². The first kappa shape index (κ1) is 11.2. The van der Waals surface area contributed by atoms with Gasteiger partial charge in [0.1, 0.15) is 0 Å². The predicted molar refractivity (Wildman–Crippen MR) is 64.0 cm³/mol. The Labute approximate surface area is 103 Å². The van der Waals surface area contributed by atoms with Gasteiger partial charge < -0.3 is 9.64 Å². The normalized spacial score (nSPS) is 16.2. The fourth-order valence-corrected chi connectivity index (χ4v) is 1.95. The van der Waals surface area contributed by atoms with Crippen LogP contribution in [-0.2, 0) is 4.74 Å². The molecule has 3 heterocycles. The lowest BCUT2D eigenvalue weighted by atomic mass is 10.4. The molecule has 0 saturated carbocycles. The summed E-state index contributed by atoms with van der Waals surface area (Å²) in [6.07, 6.45) is 0. The summed E-state index contributed by atoms with van der Waals surface area (Å²) in [6, 6.07) is 1.70. The number of nitrogens with one attached hydrogen (secondary N) is 1. The van der Waals surface area contributed by atoms with Crippen molar-refractivity contribution in [2.24, 2.45) is 0 Å². The summed E-state index contributed by atoms with van der Waals surface area (Å²) in [6.45, 7) is 4.71. The second kappa shape index (κ2) is 4.39. The summed E-state index contributed by atoms with van der Waals surface area (Å²) in [5, 5.41) is 13.4. The van der Waals surface area contributed by atoms with Crippen LogP contribution in [0.4, 0.5) is 11.8 Å². The summed E-state index contributed by atoms with van der Waals surface area (Å²) < 4.78 is 6.77. The highest BCUT2D eigenvalue weighted by Crippen LogP contribution is 2.15. The van der Waals surface area contributed by atoms with E-state index in [4.69, 9.17) is 9.94 Å². The van der Waals surface area contributed by atoms with Crippen molar-refractivity contribution in [1.82, 2.24) is 19.6 Å². The number of hydrogen-bond donors (Lipinski definition) is 2. The third-order valence-electron chi connectivity index (χ3n) is 2.84. The van der Waals surface area contributed by atoms with Gasteiger partial charge in [-0.2, -0.15) is 9.50 Å². The molecule has 0 atom stereocenters. The number of ether oxygens (including phenoxy) is 1. The van der Waals surface area contributed by atoms with Crippen LogP contribution in [0.1, 0.15) is 5.69 Å². The van der Waals surface area contributed by atoms with Crippen molar-refractivity contribution in [2.45, 2.75) is 6.92 Å². The van der Waals surface area contributed by atoms with Crippen LogP contribution in [0.3, 0.4) is 0 Å². The number of rotatable bonds is 2. The summed E-state index contributed by atoms with van der Waals surface area (Å²) in [5.41, 5.74) is 2.87. The minimum absolute atomic E-state index is 0.449. The molecule has 2 N–H and O–H groups in total. The van der Waals surface area contributed by atoms with Crippen LogP contribution in [0.25, 0.3) is 5.78 Å². The third kappa shape index (κ3) is 1.85. The third-order valence-corrected chi connectivity index (χ3v) is 2.84. The van der Waals surface area contributed by atoms with Gasteiger partial charge in [-0.15, -0.1) is 5.10 Å². The van der Waals surface area contributed by atoms with E-state index in [1.807, 2.05) is 11.8 Å². The highest BCUT2D eigenvalue weighted by atomic mass is 16.5. The van der Waals surface area contributed by atoms with Crippen molar-refractivity contribution in [1.29, 1.82) is 0 Å². The minimum Gasteiger partial charge on any atom is -0.378 e. The molecule has 0 spiro atoms. The van der Waals surface area contributed by atoms with Gasteiger partial charge in [-0.3, -0.25) is 10.7 Å². The van der Waals surface area contributed by atoms with Crippen LogP contribution in [0.5, 0.6) is 0 Å². The molecule has 1 saturated heterocycles. The van der Waals surface area contributed by atoms with Gasteiger partial charge >= 0.3 is 0 Å². The average Bonchev–Trinajstić information content (AvgIpc) is 2.82. The second-order valence-corrected chi connectivity index (χ2v) is 4.12. The van der Waals surface area contributed by atoms with Crippen molar-refractivity contribution in [3.63, 3.8) is 0 Å². The van der Waals surface area contributed by atoms with E-state index in [1.54, 1.807) is 6.07 Å². The molecule has 0 aromatic carbocycles. The zero-order chi connectivity index (χ0) is 12.5. The summed E-state index contributed by atoms with van der Waals surface area (Å²) >= 11 is 0. The number of anilines is 2. The van der Waals surface area contributed by atoms with Crippen LogP contribution >= 0.6 is 0 Å². The molecule has 2 aromatic heterocycles. The Morgan fingerprint density at radius 1 is 1.33 bits per heavy atom. The van der Waals surface area contributed by atoms with Gasteiger partial charge in [-0.1, -0.05) is 0 Å². The lowest BCUT2D eigenvalue weighted by Crippen LogP contribution is -2.36. The van der Waals surface area contributed by atoms with Crippen LogP contribution in [0.15, 0.2) is 6.07 Å². The number of morpholine rings is 1. The number of fused-ring (bicyclic) bond motifs is 1. The Balaban J connectivity index is 2.04. The first-order valence-electron chi connectivity index (χ1n) is 5.75. The molecule has 0 unspecified atom stereocenters. The highest BCUT2D eigenvalue weighted by molar-refractivity contribution is 5.48. The van der Waals surface area contributed by atoms with Gasteiger partial charge in [0, 0.05) is 24.8 Å². The molecule has 0 bridgehead atoms. The lowest BCUT2D eigenvalue weighted by Gasteiger charge is -2.25. The van der Waals surface area contributed by atoms with Crippen molar-refractivity contribution >= 4 is 17.5 Å².